The molecule has 0 radical (unpaired) electrons. The van der Waals surface area contributed by atoms with Gasteiger partial charge in [-0.1, -0.05) is 32.4 Å². The lowest BCUT2D eigenvalue weighted by Gasteiger charge is -2.31. The van der Waals surface area contributed by atoms with Crippen LogP contribution in [0.15, 0.2) is 18.2 Å². The molecule has 1 aromatic rings. The molecule has 2 N–H and O–H groups in total. The second-order valence-corrected chi connectivity index (χ2v) is 6.14. The predicted octanol–water partition coefficient (Wildman–Crippen LogP) is 3.06. The van der Waals surface area contributed by atoms with Crippen LogP contribution in [0, 0.1) is 15.5 Å². The number of halogens is 1. The van der Waals surface area contributed by atoms with Gasteiger partial charge in [0.05, 0.1) is 4.92 Å². The number of rotatable bonds is 7. The standard InChI is InChI=1S/C14H22ClN3O2/c1-4-17(10-14(2,3)9-16)8-11-5-6-12(15)7-13(11)18(19)20/h5-7H,4,8-10,16H2,1-3H3. The minimum absolute atomic E-state index is 0.0167. The molecule has 0 saturated carbocycles. The normalized spacial score (nSPS) is 11.9. The van der Waals surface area contributed by atoms with Crippen LogP contribution < -0.4 is 5.73 Å². The van der Waals surface area contributed by atoms with Crippen LogP contribution in [-0.4, -0.2) is 29.5 Å². The number of nitrogens with zero attached hydrogens (tertiary/aromatic N) is 2. The molecule has 6 heteroatoms. The zero-order valence-electron chi connectivity index (χ0n) is 12.2. The Labute approximate surface area is 124 Å². The third-order valence-electron chi connectivity index (χ3n) is 3.29. The summed E-state index contributed by atoms with van der Waals surface area (Å²) < 4.78 is 0. The highest BCUT2D eigenvalue weighted by atomic mass is 35.5. The van der Waals surface area contributed by atoms with Gasteiger partial charge in [-0.05, 0) is 30.6 Å². The maximum absolute atomic E-state index is 11.1. The highest BCUT2D eigenvalue weighted by Crippen LogP contribution is 2.25. The van der Waals surface area contributed by atoms with Crippen LogP contribution >= 0.6 is 11.6 Å². The molecule has 0 aliphatic rings. The Balaban J connectivity index is 2.93. The van der Waals surface area contributed by atoms with E-state index in [1.165, 1.54) is 6.07 Å². The van der Waals surface area contributed by atoms with E-state index in [1.54, 1.807) is 12.1 Å². The monoisotopic (exact) mass is 299 g/mol. The van der Waals surface area contributed by atoms with Crippen molar-refractivity contribution in [3.05, 3.63) is 38.9 Å². The lowest BCUT2D eigenvalue weighted by molar-refractivity contribution is -0.385. The Bertz CT molecular complexity index is 477. The van der Waals surface area contributed by atoms with Gasteiger partial charge in [0.2, 0.25) is 0 Å². The number of nitro benzene ring substituents is 1. The molecule has 0 aromatic heterocycles. The van der Waals surface area contributed by atoms with E-state index in [9.17, 15) is 10.1 Å². The highest BCUT2D eigenvalue weighted by molar-refractivity contribution is 6.30. The molecule has 1 aromatic carbocycles. The van der Waals surface area contributed by atoms with Crippen molar-refractivity contribution in [2.45, 2.75) is 27.3 Å². The van der Waals surface area contributed by atoms with E-state index in [4.69, 9.17) is 17.3 Å². The molecule has 0 saturated heterocycles. The molecule has 0 spiro atoms. The molecule has 0 fully saturated rings. The molecule has 0 atom stereocenters. The molecule has 0 amide bonds. The van der Waals surface area contributed by atoms with Crippen LogP contribution in [0.1, 0.15) is 26.3 Å². The van der Waals surface area contributed by atoms with Crippen molar-refractivity contribution >= 4 is 17.3 Å². The van der Waals surface area contributed by atoms with E-state index in [0.717, 1.165) is 13.1 Å². The van der Waals surface area contributed by atoms with Crippen molar-refractivity contribution in [2.75, 3.05) is 19.6 Å². The smallest absolute Gasteiger partial charge is 0.275 e. The zero-order chi connectivity index (χ0) is 15.3. The highest BCUT2D eigenvalue weighted by Gasteiger charge is 2.22. The Morgan fingerprint density at radius 1 is 1.45 bits per heavy atom. The quantitative estimate of drug-likeness (QED) is 0.620. The lowest BCUT2D eigenvalue weighted by atomic mass is 9.93. The Morgan fingerprint density at radius 3 is 2.60 bits per heavy atom. The molecule has 1 rings (SSSR count). The SMILES string of the molecule is CCN(Cc1ccc(Cl)cc1[N+](=O)[O-])CC(C)(C)CN. The molecule has 0 aliphatic heterocycles. The first-order chi connectivity index (χ1) is 9.29. The fourth-order valence-corrected chi connectivity index (χ4v) is 2.20. The second-order valence-electron chi connectivity index (χ2n) is 5.70. The summed E-state index contributed by atoms with van der Waals surface area (Å²) in [7, 11) is 0. The maximum atomic E-state index is 11.1. The van der Waals surface area contributed by atoms with Crippen molar-refractivity contribution in [1.29, 1.82) is 0 Å². The number of benzene rings is 1. The van der Waals surface area contributed by atoms with Gasteiger partial charge in [-0.25, -0.2) is 0 Å². The van der Waals surface area contributed by atoms with Crippen LogP contribution in [0.4, 0.5) is 5.69 Å². The number of hydrogen-bond donors (Lipinski definition) is 1. The summed E-state index contributed by atoms with van der Waals surface area (Å²) in [6.45, 7) is 8.91. The second kappa shape index (κ2) is 7.02. The molecule has 5 nitrogen and oxygen atoms in total. The largest absolute Gasteiger partial charge is 0.330 e. The first kappa shape index (κ1) is 16.9. The third kappa shape index (κ3) is 4.74. The topological polar surface area (TPSA) is 72.4 Å². The summed E-state index contributed by atoms with van der Waals surface area (Å²) in [5.41, 5.74) is 6.48. The fourth-order valence-electron chi connectivity index (χ4n) is 2.03. The summed E-state index contributed by atoms with van der Waals surface area (Å²) in [4.78, 5) is 12.9. The maximum Gasteiger partial charge on any atom is 0.275 e. The van der Waals surface area contributed by atoms with Gasteiger partial charge in [0.25, 0.3) is 5.69 Å². The van der Waals surface area contributed by atoms with Crippen molar-refractivity contribution in [3.63, 3.8) is 0 Å². The molecular weight excluding hydrogens is 278 g/mol. The molecule has 112 valence electrons. The number of nitro groups is 1. The third-order valence-corrected chi connectivity index (χ3v) is 3.52. The fraction of sp³-hybridized carbons (Fsp3) is 0.571. The first-order valence-corrected chi connectivity index (χ1v) is 7.02. The number of nitrogens with two attached hydrogens (primary N) is 1. The van der Waals surface area contributed by atoms with E-state index in [-0.39, 0.29) is 16.0 Å². The lowest BCUT2D eigenvalue weighted by Crippen LogP contribution is -2.38. The van der Waals surface area contributed by atoms with E-state index in [0.29, 0.717) is 23.7 Å². The van der Waals surface area contributed by atoms with Gasteiger partial charge in [-0.3, -0.25) is 15.0 Å². The van der Waals surface area contributed by atoms with Gasteiger partial charge in [0, 0.05) is 29.7 Å². The van der Waals surface area contributed by atoms with E-state index < -0.39 is 0 Å². The van der Waals surface area contributed by atoms with E-state index >= 15 is 0 Å². The van der Waals surface area contributed by atoms with Gasteiger partial charge in [-0.15, -0.1) is 0 Å². The Kier molecular flexibility index (Phi) is 5.92. The summed E-state index contributed by atoms with van der Waals surface area (Å²) in [5.74, 6) is 0. The molecule has 0 bridgehead atoms. The average Bonchev–Trinajstić information content (AvgIpc) is 2.39. The van der Waals surface area contributed by atoms with E-state index in [1.807, 2.05) is 6.92 Å². The molecule has 0 heterocycles. The zero-order valence-corrected chi connectivity index (χ0v) is 13.0. The Hall–Kier alpha value is -1.17. The van der Waals surface area contributed by atoms with Crippen LogP contribution in [0.25, 0.3) is 0 Å². The molecule has 0 aliphatic carbocycles. The number of hydrogen-bond acceptors (Lipinski definition) is 4. The first-order valence-electron chi connectivity index (χ1n) is 6.64. The van der Waals surface area contributed by atoms with Gasteiger partial charge in [-0.2, -0.15) is 0 Å². The summed E-state index contributed by atoms with van der Waals surface area (Å²) in [6, 6.07) is 4.81. The summed E-state index contributed by atoms with van der Waals surface area (Å²) >= 11 is 5.83. The Morgan fingerprint density at radius 2 is 2.10 bits per heavy atom. The minimum atomic E-state index is -0.386. The summed E-state index contributed by atoms with van der Waals surface area (Å²) in [5, 5.41) is 11.5. The van der Waals surface area contributed by atoms with Gasteiger partial charge in [0.15, 0.2) is 0 Å². The van der Waals surface area contributed by atoms with Crippen LogP contribution in [0.3, 0.4) is 0 Å². The van der Waals surface area contributed by atoms with Crippen LogP contribution in [-0.2, 0) is 6.54 Å². The minimum Gasteiger partial charge on any atom is -0.330 e. The van der Waals surface area contributed by atoms with Crippen LogP contribution in [0.2, 0.25) is 5.02 Å². The van der Waals surface area contributed by atoms with E-state index in [2.05, 4.69) is 18.7 Å². The van der Waals surface area contributed by atoms with Crippen molar-refractivity contribution in [3.8, 4) is 0 Å². The predicted molar refractivity (Wildman–Crippen MR) is 81.9 cm³/mol. The molecular formula is C14H22ClN3O2. The van der Waals surface area contributed by atoms with Gasteiger partial charge < -0.3 is 5.73 Å². The summed E-state index contributed by atoms with van der Waals surface area (Å²) in [6.07, 6.45) is 0. The van der Waals surface area contributed by atoms with Crippen molar-refractivity contribution in [1.82, 2.24) is 4.90 Å². The average molecular weight is 300 g/mol. The molecule has 0 unspecified atom stereocenters. The molecule has 20 heavy (non-hydrogen) atoms. The van der Waals surface area contributed by atoms with Crippen molar-refractivity contribution in [2.24, 2.45) is 11.1 Å². The van der Waals surface area contributed by atoms with Gasteiger partial charge >= 0.3 is 0 Å². The van der Waals surface area contributed by atoms with Crippen molar-refractivity contribution < 1.29 is 4.92 Å². The van der Waals surface area contributed by atoms with Gasteiger partial charge in [0.1, 0.15) is 0 Å². The van der Waals surface area contributed by atoms with Crippen LogP contribution in [0.5, 0.6) is 0 Å².